The first-order valence-corrected chi connectivity index (χ1v) is 10.2. The molecule has 0 bridgehead atoms. The van der Waals surface area contributed by atoms with Gasteiger partial charge in [-0.15, -0.1) is 0 Å². The maximum Gasteiger partial charge on any atom is 0.243 e. The first kappa shape index (κ1) is 20.8. The van der Waals surface area contributed by atoms with Gasteiger partial charge in [-0.25, -0.2) is 8.42 Å². The van der Waals surface area contributed by atoms with Crippen molar-refractivity contribution in [2.75, 3.05) is 39.9 Å². The predicted molar refractivity (Wildman–Crippen MR) is 101 cm³/mol. The maximum absolute atomic E-state index is 13.2. The Balaban J connectivity index is 2.21. The second-order valence-corrected chi connectivity index (χ2v) is 8.76. The highest BCUT2D eigenvalue weighted by atomic mass is 32.2. The van der Waals surface area contributed by atoms with Gasteiger partial charge in [0.1, 0.15) is 6.04 Å². The van der Waals surface area contributed by atoms with Crippen LogP contribution in [-0.4, -0.2) is 69.5 Å². The van der Waals surface area contributed by atoms with Crippen LogP contribution in [0.4, 0.5) is 0 Å². The minimum atomic E-state index is -3.61. The van der Waals surface area contributed by atoms with E-state index in [2.05, 4.69) is 0 Å². The van der Waals surface area contributed by atoms with Crippen molar-refractivity contribution in [3.63, 3.8) is 0 Å². The Hall–Kier alpha value is -1.48. The molecule has 1 aromatic carbocycles. The van der Waals surface area contributed by atoms with E-state index in [1.54, 1.807) is 4.90 Å². The first-order valence-electron chi connectivity index (χ1n) is 8.72. The van der Waals surface area contributed by atoms with E-state index in [0.29, 0.717) is 18.0 Å². The normalized spacial score (nSPS) is 17.4. The summed E-state index contributed by atoms with van der Waals surface area (Å²) in [6.07, 6.45) is 0. The third-order valence-corrected chi connectivity index (χ3v) is 7.28. The molecule has 1 fully saturated rings. The summed E-state index contributed by atoms with van der Waals surface area (Å²) in [5.41, 5.74) is 9.29. The van der Waals surface area contributed by atoms with Crippen molar-refractivity contribution in [1.29, 1.82) is 0 Å². The number of hydrogen-bond acceptors (Lipinski definition) is 5. The van der Waals surface area contributed by atoms with Gasteiger partial charge in [-0.3, -0.25) is 4.79 Å². The quantitative estimate of drug-likeness (QED) is 0.809. The molecule has 0 radical (unpaired) electrons. The van der Waals surface area contributed by atoms with Gasteiger partial charge in [0.05, 0.1) is 11.5 Å². The molecule has 146 valence electrons. The van der Waals surface area contributed by atoms with Crippen LogP contribution in [0.15, 0.2) is 11.0 Å². The number of methoxy groups -OCH3 is 1. The minimum Gasteiger partial charge on any atom is -0.383 e. The molecule has 1 atom stereocenters. The van der Waals surface area contributed by atoms with Crippen LogP contribution in [0.1, 0.15) is 22.3 Å². The Morgan fingerprint density at radius 3 is 2.08 bits per heavy atom. The summed E-state index contributed by atoms with van der Waals surface area (Å²) in [6, 6.07) is 1.30. The van der Waals surface area contributed by atoms with Crippen LogP contribution in [0.25, 0.3) is 0 Å². The molecule has 1 saturated heterocycles. The number of sulfonamides is 1. The van der Waals surface area contributed by atoms with Gasteiger partial charge in [-0.05, 0) is 49.9 Å². The van der Waals surface area contributed by atoms with E-state index in [1.807, 2.05) is 33.8 Å². The highest BCUT2D eigenvalue weighted by Crippen LogP contribution is 2.29. The van der Waals surface area contributed by atoms with Crippen LogP contribution in [-0.2, 0) is 19.6 Å². The van der Waals surface area contributed by atoms with E-state index in [-0.39, 0.29) is 25.6 Å². The Bertz CT molecular complexity index is 758. The summed E-state index contributed by atoms with van der Waals surface area (Å²) < 4.78 is 32.8. The number of ether oxygens (including phenoxy) is 1. The van der Waals surface area contributed by atoms with Crippen molar-refractivity contribution in [2.45, 2.75) is 38.6 Å². The topological polar surface area (TPSA) is 92.9 Å². The molecule has 1 heterocycles. The maximum atomic E-state index is 13.2. The number of carbonyl (C=O) groups is 1. The number of carbonyl (C=O) groups excluding carboxylic acids is 1. The fourth-order valence-electron chi connectivity index (χ4n) is 3.33. The zero-order valence-corrected chi connectivity index (χ0v) is 17.0. The molecular formula is C18H29N3O4S. The smallest absolute Gasteiger partial charge is 0.243 e. The lowest BCUT2D eigenvalue weighted by atomic mass is 10.0. The molecule has 8 heteroatoms. The third-order valence-electron chi connectivity index (χ3n) is 5.11. The molecule has 7 nitrogen and oxygen atoms in total. The van der Waals surface area contributed by atoms with Crippen LogP contribution in [0.2, 0.25) is 0 Å². The summed E-state index contributed by atoms with van der Waals surface area (Å²) >= 11 is 0. The molecule has 0 spiro atoms. The van der Waals surface area contributed by atoms with Crippen LogP contribution in [0.5, 0.6) is 0 Å². The Morgan fingerprint density at radius 1 is 1.12 bits per heavy atom. The van der Waals surface area contributed by atoms with Crippen LogP contribution in [0.3, 0.4) is 0 Å². The van der Waals surface area contributed by atoms with E-state index in [9.17, 15) is 13.2 Å². The van der Waals surface area contributed by atoms with Crippen molar-refractivity contribution < 1.29 is 17.9 Å². The molecule has 2 rings (SSSR count). The lowest BCUT2D eigenvalue weighted by Gasteiger charge is -2.35. The second-order valence-electron chi connectivity index (χ2n) is 6.88. The van der Waals surface area contributed by atoms with Gasteiger partial charge in [0.2, 0.25) is 15.9 Å². The van der Waals surface area contributed by atoms with Gasteiger partial charge in [0, 0.05) is 33.3 Å². The third kappa shape index (κ3) is 3.93. The molecule has 1 amide bonds. The van der Waals surface area contributed by atoms with Gasteiger partial charge < -0.3 is 15.4 Å². The van der Waals surface area contributed by atoms with Crippen molar-refractivity contribution >= 4 is 15.9 Å². The van der Waals surface area contributed by atoms with E-state index in [1.165, 1.54) is 11.4 Å². The molecule has 1 aromatic rings. The highest BCUT2D eigenvalue weighted by molar-refractivity contribution is 7.89. The number of nitrogens with two attached hydrogens (primary N) is 1. The number of nitrogens with zero attached hydrogens (tertiary/aromatic N) is 2. The second kappa shape index (κ2) is 8.04. The van der Waals surface area contributed by atoms with Crippen LogP contribution < -0.4 is 5.73 Å². The van der Waals surface area contributed by atoms with Gasteiger partial charge in [-0.2, -0.15) is 4.31 Å². The molecule has 0 saturated carbocycles. The van der Waals surface area contributed by atoms with Crippen molar-refractivity contribution in [3.8, 4) is 0 Å². The molecule has 0 aromatic heterocycles. The molecule has 1 unspecified atom stereocenters. The van der Waals surface area contributed by atoms with Gasteiger partial charge >= 0.3 is 0 Å². The number of rotatable bonds is 5. The summed E-state index contributed by atoms with van der Waals surface area (Å²) in [5.74, 6) is -0.206. The standard InChI is InChI=1S/C18H29N3O4S/c1-12-10-13(2)15(4)17(14(12)3)26(23,24)21-8-6-20(7-9-21)18(22)16(19)11-25-5/h10,16H,6-9,11,19H2,1-5H3. The fraction of sp³-hybridized carbons (Fsp3) is 0.611. The summed E-state index contributed by atoms with van der Waals surface area (Å²) in [7, 11) is -2.12. The largest absolute Gasteiger partial charge is 0.383 e. The van der Waals surface area contributed by atoms with Gasteiger partial charge in [-0.1, -0.05) is 6.07 Å². The monoisotopic (exact) mass is 383 g/mol. The fourth-order valence-corrected chi connectivity index (χ4v) is 5.33. The summed E-state index contributed by atoms with van der Waals surface area (Å²) in [4.78, 5) is 14.3. The number of benzene rings is 1. The average Bonchev–Trinajstić information content (AvgIpc) is 2.59. The van der Waals surface area contributed by atoms with E-state index in [4.69, 9.17) is 10.5 Å². The molecule has 1 aliphatic heterocycles. The Morgan fingerprint density at radius 2 is 1.62 bits per heavy atom. The lowest BCUT2D eigenvalue weighted by Crippen LogP contribution is -2.55. The summed E-state index contributed by atoms with van der Waals surface area (Å²) in [5, 5.41) is 0. The zero-order chi connectivity index (χ0) is 19.6. The van der Waals surface area contributed by atoms with Crippen LogP contribution >= 0.6 is 0 Å². The predicted octanol–water partition coefficient (Wildman–Crippen LogP) is 0.727. The Labute approximate surface area is 156 Å². The van der Waals surface area contributed by atoms with Gasteiger partial charge in [0.25, 0.3) is 0 Å². The number of amides is 1. The minimum absolute atomic E-state index is 0.151. The van der Waals surface area contributed by atoms with Crippen molar-refractivity contribution in [1.82, 2.24) is 9.21 Å². The first-order chi connectivity index (χ1) is 12.1. The number of hydrogen-bond donors (Lipinski definition) is 1. The number of aryl methyl sites for hydroxylation is 2. The van der Waals surface area contributed by atoms with E-state index < -0.39 is 16.1 Å². The molecule has 1 aliphatic rings. The number of piperazine rings is 1. The molecule has 0 aliphatic carbocycles. The zero-order valence-electron chi connectivity index (χ0n) is 16.2. The average molecular weight is 384 g/mol. The van der Waals surface area contributed by atoms with Crippen LogP contribution in [0, 0.1) is 27.7 Å². The van der Waals surface area contributed by atoms with Crippen molar-refractivity contribution in [2.24, 2.45) is 5.73 Å². The highest BCUT2D eigenvalue weighted by Gasteiger charge is 2.33. The molecular weight excluding hydrogens is 354 g/mol. The molecule has 2 N–H and O–H groups in total. The Kier molecular flexibility index (Phi) is 6.44. The molecule has 26 heavy (non-hydrogen) atoms. The lowest BCUT2D eigenvalue weighted by molar-refractivity contribution is -0.134. The summed E-state index contributed by atoms with van der Waals surface area (Å²) in [6.45, 7) is 8.88. The van der Waals surface area contributed by atoms with Crippen molar-refractivity contribution in [3.05, 3.63) is 28.3 Å². The van der Waals surface area contributed by atoms with E-state index in [0.717, 1.165) is 22.3 Å². The van der Waals surface area contributed by atoms with Gasteiger partial charge in [0.15, 0.2) is 0 Å². The SMILES string of the molecule is COCC(N)C(=O)N1CCN(S(=O)(=O)c2c(C)c(C)cc(C)c2C)CC1. The van der Waals surface area contributed by atoms with E-state index >= 15 is 0 Å².